The SMILES string of the molecule is COc1cc(N2CCN(CCCCCCCCCCCCNC(=O)CC3(C)CC4CC(C)CC(C4)C3)CC2)ccc1Nc1ncc2c(C)cc(=O)n(-c3cccc(NC(C)=O)c3)c2n1. The molecule has 2 atom stereocenters. The second-order valence-corrected chi connectivity index (χ2v) is 19.8. The Bertz CT molecular complexity index is 2230. The van der Waals surface area contributed by atoms with Crippen LogP contribution in [0.15, 0.2) is 59.5 Å². The molecule has 7 rings (SSSR count). The number of hydrogen-bond donors (Lipinski definition) is 3. The molecule has 0 radical (unpaired) electrons. The van der Waals surface area contributed by atoms with Crippen LogP contribution in [0.25, 0.3) is 16.7 Å². The molecule has 2 aromatic heterocycles. The van der Waals surface area contributed by atoms with Crippen LogP contribution < -0.4 is 31.1 Å². The number of methoxy groups -OCH3 is 1. The second kappa shape index (κ2) is 22.3. The summed E-state index contributed by atoms with van der Waals surface area (Å²) in [6.07, 6.45) is 21.9. The Labute approximate surface area is 381 Å². The van der Waals surface area contributed by atoms with Crippen molar-refractivity contribution in [3.05, 3.63) is 70.6 Å². The Hall–Kier alpha value is -4.97. The lowest BCUT2D eigenvalue weighted by Gasteiger charge is -2.47. The van der Waals surface area contributed by atoms with Crippen molar-refractivity contribution in [3.8, 4) is 11.4 Å². The monoisotopic (exact) mass is 875 g/mol. The average molecular weight is 875 g/mol. The number of nitrogens with one attached hydrogen (secondary N) is 3. The zero-order chi connectivity index (χ0) is 45.1. The van der Waals surface area contributed by atoms with E-state index in [2.05, 4.69) is 56.7 Å². The van der Waals surface area contributed by atoms with Gasteiger partial charge in [0.2, 0.25) is 17.8 Å². The van der Waals surface area contributed by atoms with Gasteiger partial charge in [0.1, 0.15) is 5.75 Å². The summed E-state index contributed by atoms with van der Waals surface area (Å²) in [4.78, 5) is 52.2. The van der Waals surface area contributed by atoms with Gasteiger partial charge in [0.05, 0.1) is 18.5 Å². The normalized spacial score (nSPS) is 21.1. The summed E-state index contributed by atoms with van der Waals surface area (Å²) in [5.74, 6) is 3.68. The standard InChI is InChI=1S/C52H74N8O4/c1-37-27-40-30-41(28-37)34-52(4,33-40)35-48(62)53-21-14-12-10-8-6-7-9-11-13-15-22-58-23-25-59(26-24-58)43-19-20-46(47(32-43)64-5)56-51-54-36-45-38(2)29-49(63)60(50(45)57-51)44-18-16-17-42(31-44)55-39(3)61/h16-20,29,31-32,36-37,40-41H,6-15,21-28,30,33-35H2,1-5H3,(H,53,62)(H,55,61)(H,54,56,57). The van der Waals surface area contributed by atoms with Crippen molar-refractivity contribution in [2.24, 2.45) is 23.2 Å². The largest absolute Gasteiger partial charge is 0.494 e. The molecule has 1 saturated heterocycles. The molecule has 3 N–H and O–H groups in total. The fourth-order valence-electron chi connectivity index (χ4n) is 11.2. The second-order valence-electron chi connectivity index (χ2n) is 19.8. The van der Waals surface area contributed by atoms with E-state index >= 15 is 0 Å². The molecule has 12 nitrogen and oxygen atoms in total. The Morgan fingerprint density at radius 3 is 2.22 bits per heavy atom. The maximum absolute atomic E-state index is 13.3. The van der Waals surface area contributed by atoms with E-state index in [9.17, 15) is 14.4 Å². The van der Waals surface area contributed by atoms with Crippen molar-refractivity contribution in [2.75, 3.05) is 61.9 Å². The van der Waals surface area contributed by atoms with Gasteiger partial charge >= 0.3 is 0 Å². The molecule has 4 aromatic rings. The molecule has 346 valence electrons. The highest BCUT2D eigenvalue weighted by atomic mass is 16.5. The third-order valence-electron chi connectivity index (χ3n) is 14.1. The van der Waals surface area contributed by atoms with Gasteiger partial charge in [-0.1, -0.05) is 71.3 Å². The predicted molar refractivity (Wildman–Crippen MR) is 260 cm³/mol. The molecule has 2 aliphatic carbocycles. The van der Waals surface area contributed by atoms with E-state index in [4.69, 9.17) is 9.72 Å². The zero-order valence-electron chi connectivity index (χ0n) is 39.4. The highest BCUT2D eigenvalue weighted by Gasteiger charge is 2.41. The number of piperazine rings is 1. The quantitative estimate of drug-likeness (QED) is 0.0700. The van der Waals surface area contributed by atoms with Crippen LogP contribution in [0.2, 0.25) is 0 Å². The van der Waals surface area contributed by atoms with Crippen LogP contribution in [0.3, 0.4) is 0 Å². The summed E-state index contributed by atoms with van der Waals surface area (Å²) in [6, 6.07) is 14.9. The molecule has 3 heterocycles. The van der Waals surface area contributed by atoms with E-state index in [1.54, 1.807) is 37.6 Å². The number of amides is 2. The van der Waals surface area contributed by atoms with Gasteiger partial charge in [-0.15, -0.1) is 0 Å². The lowest BCUT2D eigenvalue weighted by atomic mass is 9.58. The molecular formula is C52H74N8O4. The van der Waals surface area contributed by atoms with Crippen molar-refractivity contribution < 1.29 is 14.3 Å². The van der Waals surface area contributed by atoms with Crippen LogP contribution in [0.1, 0.15) is 129 Å². The van der Waals surface area contributed by atoms with Gasteiger partial charge in [0, 0.05) is 81.2 Å². The smallest absolute Gasteiger partial charge is 0.257 e. The molecule has 2 unspecified atom stereocenters. The van der Waals surface area contributed by atoms with Crippen molar-refractivity contribution in [2.45, 2.75) is 130 Å². The van der Waals surface area contributed by atoms with Crippen LogP contribution in [0.4, 0.5) is 23.0 Å². The molecule has 1 aliphatic heterocycles. The van der Waals surface area contributed by atoms with E-state index in [0.29, 0.717) is 28.7 Å². The molecule has 3 aliphatic rings. The van der Waals surface area contributed by atoms with E-state index in [1.165, 1.54) is 101 Å². The van der Waals surface area contributed by atoms with Crippen LogP contribution in [0, 0.1) is 30.1 Å². The number of aryl methyl sites for hydroxylation is 1. The van der Waals surface area contributed by atoms with E-state index in [0.717, 1.165) is 92.2 Å². The van der Waals surface area contributed by atoms with E-state index < -0.39 is 0 Å². The maximum atomic E-state index is 13.3. The van der Waals surface area contributed by atoms with Crippen molar-refractivity contribution in [3.63, 3.8) is 0 Å². The van der Waals surface area contributed by atoms with Gasteiger partial charge in [-0.05, 0) is 117 Å². The Morgan fingerprint density at radius 1 is 0.844 bits per heavy atom. The maximum Gasteiger partial charge on any atom is 0.257 e. The van der Waals surface area contributed by atoms with Crippen LogP contribution in [-0.2, 0) is 9.59 Å². The number of ether oxygens (including phenoxy) is 1. The third kappa shape index (κ3) is 12.9. The first-order chi connectivity index (χ1) is 30.9. The number of aromatic nitrogens is 3. The molecule has 2 saturated carbocycles. The van der Waals surface area contributed by atoms with Crippen molar-refractivity contribution >= 4 is 45.9 Å². The van der Waals surface area contributed by atoms with E-state index in [-0.39, 0.29) is 22.8 Å². The minimum atomic E-state index is -0.227. The number of anilines is 4. The van der Waals surface area contributed by atoms with Gasteiger partial charge in [-0.25, -0.2) is 4.98 Å². The number of carbonyl (C=O) groups excluding carboxylic acids is 2. The molecule has 2 amide bonds. The van der Waals surface area contributed by atoms with Crippen LogP contribution in [0.5, 0.6) is 5.75 Å². The first-order valence-electron chi connectivity index (χ1n) is 24.4. The number of nitrogens with zero attached hydrogens (tertiary/aromatic N) is 5. The topological polar surface area (TPSA) is 134 Å². The lowest BCUT2D eigenvalue weighted by molar-refractivity contribution is -0.124. The highest BCUT2D eigenvalue weighted by Crippen LogP contribution is 2.51. The summed E-state index contributed by atoms with van der Waals surface area (Å²) >= 11 is 0. The summed E-state index contributed by atoms with van der Waals surface area (Å²) in [7, 11) is 1.67. The summed E-state index contributed by atoms with van der Waals surface area (Å²) in [5, 5.41) is 10.1. The predicted octanol–water partition coefficient (Wildman–Crippen LogP) is 10.2. The van der Waals surface area contributed by atoms with Gasteiger partial charge in [0.25, 0.3) is 5.56 Å². The highest BCUT2D eigenvalue weighted by molar-refractivity contribution is 5.89. The van der Waals surface area contributed by atoms with Gasteiger partial charge in [0.15, 0.2) is 5.65 Å². The summed E-state index contributed by atoms with van der Waals surface area (Å²) in [6.45, 7) is 14.1. The molecule has 64 heavy (non-hydrogen) atoms. The molecule has 3 fully saturated rings. The Kier molecular flexibility index (Phi) is 16.4. The third-order valence-corrected chi connectivity index (χ3v) is 14.1. The molecular weight excluding hydrogens is 801 g/mol. The van der Waals surface area contributed by atoms with Crippen LogP contribution >= 0.6 is 0 Å². The first kappa shape index (κ1) is 47.0. The number of benzene rings is 2. The Morgan fingerprint density at radius 2 is 1.53 bits per heavy atom. The molecule has 12 heteroatoms. The van der Waals surface area contributed by atoms with Gasteiger partial charge in [-0.3, -0.25) is 23.9 Å². The van der Waals surface area contributed by atoms with Crippen LogP contribution in [-0.4, -0.2) is 77.6 Å². The fraction of sp³-hybridized carbons (Fsp3) is 0.596. The molecule has 2 aromatic carbocycles. The number of pyridine rings is 1. The Balaban J connectivity index is 0.766. The number of rotatable bonds is 21. The van der Waals surface area contributed by atoms with E-state index in [1.807, 2.05) is 19.1 Å². The number of hydrogen-bond acceptors (Lipinski definition) is 9. The number of fused-ring (bicyclic) bond motifs is 3. The average Bonchev–Trinajstić information content (AvgIpc) is 3.25. The minimum Gasteiger partial charge on any atom is -0.494 e. The zero-order valence-corrected chi connectivity index (χ0v) is 39.4. The van der Waals surface area contributed by atoms with Crippen molar-refractivity contribution in [1.82, 2.24) is 24.8 Å². The van der Waals surface area contributed by atoms with Crippen molar-refractivity contribution in [1.29, 1.82) is 0 Å². The van der Waals surface area contributed by atoms with Gasteiger partial charge < -0.3 is 25.6 Å². The first-order valence-corrected chi connectivity index (χ1v) is 24.4. The molecule has 2 bridgehead atoms. The summed E-state index contributed by atoms with van der Waals surface area (Å²) < 4.78 is 7.38. The van der Waals surface area contributed by atoms with Gasteiger partial charge in [-0.2, -0.15) is 4.98 Å². The summed E-state index contributed by atoms with van der Waals surface area (Å²) in [5.41, 5.74) is 4.25. The minimum absolute atomic E-state index is 0.190. The number of unbranched alkanes of at least 4 members (excludes halogenated alkanes) is 9. The molecule has 0 spiro atoms. The lowest BCUT2D eigenvalue weighted by Crippen LogP contribution is -2.46. The number of carbonyl (C=O) groups is 2. The fourth-order valence-corrected chi connectivity index (χ4v) is 11.2.